The highest BCUT2D eigenvalue weighted by Gasteiger charge is 2.25. The number of anilines is 1. The lowest BCUT2D eigenvalue weighted by Gasteiger charge is -2.22. The topological polar surface area (TPSA) is 67.4 Å². The number of aryl methyl sites for hydroxylation is 1. The number of ether oxygens (including phenoxy) is 1. The molecule has 0 heterocycles. The third kappa shape index (κ3) is 4.81. The van der Waals surface area contributed by atoms with E-state index in [0.717, 1.165) is 5.56 Å². The van der Waals surface area contributed by atoms with E-state index in [1.54, 1.807) is 44.4 Å². The van der Waals surface area contributed by atoms with Gasteiger partial charge in [0.25, 0.3) is 5.91 Å². The first-order valence-electron chi connectivity index (χ1n) is 8.33. The lowest BCUT2D eigenvalue weighted by atomic mass is 10.0. The van der Waals surface area contributed by atoms with Gasteiger partial charge in [-0.25, -0.2) is 4.39 Å². The SMILES string of the molecule is COc1ccc(C(=O)NC(C(=O)Nc2cc(F)ccc2C)C(C)C)cc1. The standard InChI is InChI=1S/C20H23FN2O3/c1-12(2)18(20(25)22-17-11-15(21)8-5-13(17)3)23-19(24)14-6-9-16(26-4)10-7-14/h5-12,18H,1-4H3,(H,22,25)(H,23,24). The molecule has 0 spiro atoms. The molecule has 0 saturated heterocycles. The summed E-state index contributed by atoms with van der Waals surface area (Å²) < 4.78 is 18.5. The Hall–Kier alpha value is -2.89. The van der Waals surface area contributed by atoms with Crippen molar-refractivity contribution in [3.05, 3.63) is 59.4 Å². The van der Waals surface area contributed by atoms with E-state index >= 15 is 0 Å². The maximum atomic E-state index is 13.4. The van der Waals surface area contributed by atoms with Crippen LogP contribution in [0.1, 0.15) is 29.8 Å². The Balaban J connectivity index is 2.13. The van der Waals surface area contributed by atoms with E-state index in [-0.39, 0.29) is 11.8 Å². The summed E-state index contributed by atoms with van der Waals surface area (Å²) in [6.45, 7) is 5.43. The second-order valence-corrected chi connectivity index (χ2v) is 6.37. The maximum Gasteiger partial charge on any atom is 0.251 e. The number of carbonyl (C=O) groups excluding carboxylic acids is 2. The van der Waals surface area contributed by atoms with Crippen LogP contribution in [0.15, 0.2) is 42.5 Å². The fourth-order valence-corrected chi connectivity index (χ4v) is 2.44. The highest BCUT2D eigenvalue weighted by molar-refractivity contribution is 6.01. The number of halogens is 1. The van der Waals surface area contributed by atoms with Crippen LogP contribution in [-0.4, -0.2) is 25.0 Å². The summed E-state index contributed by atoms with van der Waals surface area (Å²) in [5.41, 5.74) is 1.55. The van der Waals surface area contributed by atoms with Crippen molar-refractivity contribution in [2.24, 2.45) is 5.92 Å². The number of nitrogens with one attached hydrogen (secondary N) is 2. The average Bonchev–Trinajstić information content (AvgIpc) is 2.62. The van der Waals surface area contributed by atoms with E-state index in [1.807, 2.05) is 13.8 Å². The molecular formula is C20H23FN2O3. The summed E-state index contributed by atoms with van der Waals surface area (Å²) in [5, 5.41) is 5.43. The third-order valence-corrected chi connectivity index (χ3v) is 4.05. The average molecular weight is 358 g/mol. The molecule has 5 nitrogen and oxygen atoms in total. The second-order valence-electron chi connectivity index (χ2n) is 6.37. The van der Waals surface area contributed by atoms with E-state index in [0.29, 0.717) is 17.0 Å². The third-order valence-electron chi connectivity index (χ3n) is 4.05. The van der Waals surface area contributed by atoms with E-state index in [9.17, 15) is 14.0 Å². The van der Waals surface area contributed by atoms with E-state index in [4.69, 9.17) is 4.74 Å². The van der Waals surface area contributed by atoms with Crippen molar-refractivity contribution in [2.45, 2.75) is 26.8 Å². The van der Waals surface area contributed by atoms with Gasteiger partial charge >= 0.3 is 0 Å². The minimum Gasteiger partial charge on any atom is -0.497 e. The monoisotopic (exact) mass is 358 g/mol. The molecule has 0 aliphatic carbocycles. The summed E-state index contributed by atoms with van der Waals surface area (Å²) in [4.78, 5) is 25.1. The van der Waals surface area contributed by atoms with Gasteiger partial charge in [-0.05, 0) is 54.8 Å². The van der Waals surface area contributed by atoms with Gasteiger partial charge in [0.05, 0.1) is 7.11 Å². The summed E-state index contributed by atoms with van der Waals surface area (Å²) in [6, 6.07) is 10.0. The van der Waals surface area contributed by atoms with Crippen LogP contribution >= 0.6 is 0 Å². The molecule has 1 unspecified atom stereocenters. The summed E-state index contributed by atoms with van der Waals surface area (Å²) in [5.74, 6) is -0.699. The van der Waals surface area contributed by atoms with Crippen LogP contribution in [0.25, 0.3) is 0 Å². The molecule has 138 valence electrons. The van der Waals surface area contributed by atoms with Gasteiger partial charge in [-0.1, -0.05) is 19.9 Å². The quantitative estimate of drug-likeness (QED) is 0.830. The molecule has 0 radical (unpaired) electrons. The minimum absolute atomic E-state index is 0.147. The Kier molecular flexibility index (Phi) is 6.33. The van der Waals surface area contributed by atoms with Crippen molar-refractivity contribution in [1.29, 1.82) is 0 Å². The Labute approximate surface area is 152 Å². The lowest BCUT2D eigenvalue weighted by molar-refractivity contribution is -0.118. The van der Waals surface area contributed by atoms with Crippen molar-refractivity contribution in [3.8, 4) is 5.75 Å². The number of rotatable bonds is 6. The number of carbonyl (C=O) groups is 2. The van der Waals surface area contributed by atoms with Gasteiger partial charge in [0, 0.05) is 11.3 Å². The van der Waals surface area contributed by atoms with Crippen LogP contribution in [0.3, 0.4) is 0 Å². The largest absolute Gasteiger partial charge is 0.497 e. The van der Waals surface area contributed by atoms with Gasteiger partial charge in [-0.2, -0.15) is 0 Å². The molecule has 2 aromatic rings. The number of amides is 2. The van der Waals surface area contributed by atoms with Crippen LogP contribution in [-0.2, 0) is 4.79 Å². The van der Waals surface area contributed by atoms with Gasteiger partial charge in [0.15, 0.2) is 0 Å². The van der Waals surface area contributed by atoms with Crippen molar-refractivity contribution < 1.29 is 18.7 Å². The molecule has 2 aromatic carbocycles. The molecule has 0 bridgehead atoms. The van der Waals surface area contributed by atoms with Crippen LogP contribution in [0.2, 0.25) is 0 Å². The van der Waals surface area contributed by atoms with Gasteiger partial charge in [-0.3, -0.25) is 9.59 Å². The molecule has 6 heteroatoms. The van der Waals surface area contributed by atoms with Crippen LogP contribution in [0.5, 0.6) is 5.75 Å². The first kappa shape index (κ1) is 19.4. The zero-order valence-electron chi connectivity index (χ0n) is 15.3. The van der Waals surface area contributed by atoms with E-state index in [2.05, 4.69) is 10.6 Å². The molecule has 1 atom stereocenters. The van der Waals surface area contributed by atoms with E-state index < -0.39 is 17.8 Å². The zero-order chi connectivity index (χ0) is 19.3. The minimum atomic E-state index is -0.757. The second kappa shape index (κ2) is 8.47. The van der Waals surface area contributed by atoms with Gasteiger partial charge in [0.1, 0.15) is 17.6 Å². The summed E-state index contributed by atoms with van der Waals surface area (Å²) in [7, 11) is 1.54. The Morgan fingerprint density at radius 2 is 1.73 bits per heavy atom. The fourth-order valence-electron chi connectivity index (χ4n) is 2.44. The first-order chi connectivity index (χ1) is 12.3. The molecule has 2 amide bonds. The molecule has 0 fully saturated rings. The molecule has 0 saturated carbocycles. The number of hydrogen-bond donors (Lipinski definition) is 2. The highest BCUT2D eigenvalue weighted by atomic mass is 19.1. The summed E-state index contributed by atoms with van der Waals surface area (Å²) >= 11 is 0. The molecule has 0 aliphatic rings. The molecule has 2 N–H and O–H groups in total. The van der Waals surface area contributed by atoms with Crippen LogP contribution in [0, 0.1) is 18.7 Å². The highest BCUT2D eigenvalue weighted by Crippen LogP contribution is 2.18. The molecular weight excluding hydrogens is 335 g/mol. The number of hydrogen-bond acceptors (Lipinski definition) is 3. The fraction of sp³-hybridized carbons (Fsp3) is 0.300. The van der Waals surface area contributed by atoms with Crippen molar-refractivity contribution in [1.82, 2.24) is 5.32 Å². The van der Waals surface area contributed by atoms with Crippen molar-refractivity contribution >= 4 is 17.5 Å². The maximum absolute atomic E-state index is 13.4. The zero-order valence-corrected chi connectivity index (χ0v) is 15.3. The molecule has 0 aromatic heterocycles. The first-order valence-corrected chi connectivity index (χ1v) is 8.33. The lowest BCUT2D eigenvalue weighted by Crippen LogP contribution is -2.47. The smallest absolute Gasteiger partial charge is 0.251 e. The Bertz CT molecular complexity index is 788. The van der Waals surface area contributed by atoms with E-state index in [1.165, 1.54) is 12.1 Å². The molecule has 26 heavy (non-hydrogen) atoms. The van der Waals surface area contributed by atoms with Crippen LogP contribution < -0.4 is 15.4 Å². The summed E-state index contributed by atoms with van der Waals surface area (Å²) in [6.07, 6.45) is 0. The molecule has 0 aliphatic heterocycles. The van der Waals surface area contributed by atoms with Gasteiger partial charge in [-0.15, -0.1) is 0 Å². The van der Waals surface area contributed by atoms with Gasteiger partial charge < -0.3 is 15.4 Å². The Morgan fingerprint density at radius 1 is 1.08 bits per heavy atom. The normalized spacial score (nSPS) is 11.8. The Morgan fingerprint density at radius 3 is 2.31 bits per heavy atom. The number of methoxy groups -OCH3 is 1. The van der Waals surface area contributed by atoms with Crippen LogP contribution in [0.4, 0.5) is 10.1 Å². The van der Waals surface area contributed by atoms with Crippen molar-refractivity contribution in [3.63, 3.8) is 0 Å². The number of benzene rings is 2. The van der Waals surface area contributed by atoms with Crippen molar-refractivity contribution in [2.75, 3.05) is 12.4 Å². The predicted octanol–water partition coefficient (Wildman–Crippen LogP) is 3.54. The van der Waals surface area contributed by atoms with Gasteiger partial charge in [0.2, 0.25) is 5.91 Å². The molecule has 2 rings (SSSR count). The predicted molar refractivity (Wildman–Crippen MR) is 98.9 cm³/mol.